The normalized spacial score (nSPS) is 13.6. The highest BCUT2D eigenvalue weighted by atomic mass is 32.2. The van der Waals surface area contributed by atoms with E-state index in [1.165, 1.54) is 46.1 Å². The van der Waals surface area contributed by atoms with E-state index >= 15 is 0 Å². The summed E-state index contributed by atoms with van der Waals surface area (Å²) >= 11 is 2.80. The lowest BCUT2D eigenvalue weighted by Crippen LogP contribution is -2.18. The molecule has 4 nitrogen and oxygen atoms in total. The summed E-state index contributed by atoms with van der Waals surface area (Å²) in [4.78, 5) is 10.9. The molecule has 0 bridgehead atoms. The molecule has 1 saturated carbocycles. The van der Waals surface area contributed by atoms with Gasteiger partial charge in [-0.15, -0.1) is 23.1 Å². The molecule has 4 N–H and O–H groups in total. The zero-order valence-corrected chi connectivity index (χ0v) is 15.7. The second-order valence-electron chi connectivity index (χ2n) is 5.62. The van der Waals surface area contributed by atoms with Crippen molar-refractivity contribution in [2.24, 2.45) is 5.84 Å². The highest BCUT2D eigenvalue weighted by Crippen LogP contribution is 2.47. The number of halogens is 3. The molecule has 142 valence electrons. The lowest BCUT2D eigenvalue weighted by molar-refractivity contribution is -0.137. The molecule has 0 unspecified atom stereocenters. The van der Waals surface area contributed by atoms with E-state index in [9.17, 15) is 13.2 Å². The standard InChI is InChI=1S/C16H16F3NS2.CH4N2O/c1-20-14-4-2-3-13(10-5-6-10)15(14)22-9-12-7-11(8-21-12)16(17,18)19;2-3-1-4/h2-4,7-8,10,20H,5-6,9H2,1H3;1H,2H2,(H,3,4). The minimum Gasteiger partial charge on any atom is -0.387 e. The summed E-state index contributed by atoms with van der Waals surface area (Å²) < 4.78 is 38.0. The first-order valence-electron chi connectivity index (χ1n) is 7.88. The first kappa shape index (κ1) is 20.6. The smallest absolute Gasteiger partial charge is 0.387 e. The number of hydrogen-bond acceptors (Lipinski definition) is 5. The van der Waals surface area contributed by atoms with Crippen LogP contribution in [0.15, 0.2) is 34.5 Å². The molecule has 1 aliphatic carbocycles. The lowest BCUT2D eigenvalue weighted by Gasteiger charge is -2.13. The Morgan fingerprint density at radius 2 is 2.08 bits per heavy atom. The fourth-order valence-electron chi connectivity index (χ4n) is 2.38. The number of alkyl halides is 3. The number of carbonyl (C=O) groups excluding carboxylic acids is 1. The molecule has 0 radical (unpaired) electrons. The van der Waals surface area contributed by atoms with Crippen molar-refractivity contribution in [3.05, 3.63) is 45.6 Å². The van der Waals surface area contributed by atoms with E-state index in [-0.39, 0.29) is 0 Å². The number of thiophene rings is 1. The molecule has 0 saturated heterocycles. The molecule has 1 aliphatic rings. The Balaban J connectivity index is 0.000000552. The number of nitrogens with two attached hydrogens (primary N) is 1. The Morgan fingerprint density at radius 1 is 1.38 bits per heavy atom. The van der Waals surface area contributed by atoms with Gasteiger partial charge >= 0.3 is 6.18 Å². The number of benzene rings is 1. The Labute approximate surface area is 158 Å². The number of thioether (sulfide) groups is 1. The summed E-state index contributed by atoms with van der Waals surface area (Å²) in [6.45, 7) is 0. The van der Waals surface area contributed by atoms with Crippen LogP contribution in [-0.4, -0.2) is 13.5 Å². The molecule has 0 aliphatic heterocycles. The van der Waals surface area contributed by atoms with Crippen LogP contribution in [0, 0.1) is 0 Å². The minimum absolute atomic E-state index is 0.403. The molecule has 26 heavy (non-hydrogen) atoms. The van der Waals surface area contributed by atoms with Gasteiger partial charge in [-0.25, -0.2) is 5.84 Å². The molecule has 0 spiro atoms. The summed E-state index contributed by atoms with van der Waals surface area (Å²) in [5.41, 5.74) is 3.59. The average molecular weight is 403 g/mol. The van der Waals surface area contributed by atoms with Crippen molar-refractivity contribution < 1.29 is 18.0 Å². The van der Waals surface area contributed by atoms with Crippen LogP contribution in [0.4, 0.5) is 18.9 Å². The van der Waals surface area contributed by atoms with E-state index < -0.39 is 11.7 Å². The van der Waals surface area contributed by atoms with Crippen LogP contribution < -0.4 is 16.6 Å². The quantitative estimate of drug-likeness (QED) is 0.217. The maximum Gasteiger partial charge on any atom is 0.417 e. The monoisotopic (exact) mass is 403 g/mol. The number of amides is 1. The third-order valence-electron chi connectivity index (χ3n) is 3.74. The summed E-state index contributed by atoms with van der Waals surface area (Å²) in [7, 11) is 1.88. The van der Waals surface area contributed by atoms with E-state index in [0.29, 0.717) is 18.1 Å². The second kappa shape index (κ2) is 9.29. The van der Waals surface area contributed by atoms with Gasteiger partial charge in [-0.1, -0.05) is 12.1 Å². The molecule has 1 fully saturated rings. The lowest BCUT2D eigenvalue weighted by atomic mass is 10.1. The predicted octanol–water partition coefficient (Wildman–Crippen LogP) is 4.58. The highest BCUT2D eigenvalue weighted by molar-refractivity contribution is 7.98. The molecule has 9 heteroatoms. The zero-order valence-electron chi connectivity index (χ0n) is 14.1. The van der Waals surface area contributed by atoms with Gasteiger partial charge in [0.2, 0.25) is 6.41 Å². The Hall–Kier alpha value is -1.71. The Kier molecular flexibility index (Phi) is 7.36. The number of carbonyl (C=O) groups is 1. The van der Waals surface area contributed by atoms with E-state index in [2.05, 4.69) is 17.2 Å². The third-order valence-corrected chi connectivity index (χ3v) is 6.06. The number of rotatable bonds is 6. The second-order valence-corrected chi connectivity index (χ2v) is 7.60. The largest absolute Gasteiger partial charge is 0.417 e. The minimum atomic E-state index is -4.25. The van der Waals surface area contributed by atoms with Crippen molar-refractivity contribution in [3.8, 4) is 0 Å². The summed E-state index contributed by atoms with van der Waals surface area (Å²) in [5.74, 6) is 5.59. The molecule has 0 atom stereocenters. The van der Waals surface area contributed by atoms with E-state index in [4.69, 9.17) is 4.79 Å². The van der Waals surface area contributed by atoms with Crippen LogP contribution in [0.3, 0.4) is 0 Å². The topological polar surface area (TPSA) is 67.2 Å². The summed E-state index contributed by atoms with van der Waals surface area (Å²) in [6.07, 6.45) is -1.43. The number of nitrogens with one attached hydrogen (secondary N) is 2. The molecule has 3 rings (SSSR count). The Morgan fingerprint density at radius 3 is 2.58 bits per heavy atom. The highest BCUT2D eigenvalue weighted by Gasteiger charge is 2.32. The SMILES string of the molecule is CNc1cccc(C2CC2)c1SCc1cc(C(F)(F)F)cs1.NNC=O. The maximum atomic E-state index is 12.7. The molecular weight excluding hydrogens is 383 g/mol. The van der Waals surface area contributed by atoms with Gasteiger partial charge in [0.15, 0.2) is 0 Å². The van der Waals surface area contributed by atoms with Crippen molar-refractivity contribution in [1.82, 2.24) is 5.43 Å². The van der Waals surface area contributed by atoms with Gasteiger partial charge in [-0.3, -0.25) is 10.2 Å². The van der Waals surface area contributed by atoms with Crippen molar-refractivity contribution in [2.75, 3.05) is 12.4 Å². The zero-order chi connectivity index (χ0) is 19.2. The molecule has 1 amide bonds. The Bertz CT molecular complexity index is 730. The predicted molar refractivity (Wildman–Crippen MR) is 100 cm³/mol. The third kappa shape index (κ3) is 5.65. The fraction of sp³-hybridized carbons (Fsp3) is 0.353. The van der Waals surface area contributed by atoms with Crippen molar-refractivity contribution in [3.63, 3.8) is 0 Å². The molecule has 1 heterocycles. The molecular formula is C17H20F3N3OS2. The average Bonchev–Trinajstić information content (AvgIpc) is 3.35. The molecule has 1 aromatic carbocycles. The van der Waals surface area contributed by atoms with Crippen LogP contribution in [-0.2, 0) is 16.7 Å². The first-order valence-corrected chi connectivity index (χ1v) is 9.75. The van der Waals surface area contributed by atoms with Gasteiger partial charge in [-0.2, -0.15) is 13.2 Å². The van der Waals surface area contributed by atoms with Gasteiger partial charge in [0.1, 0.15) is 0 Å². The van der Waals surface area contributed by atoms with Crippen LogP contribution in [0.25, 0.3) is 0 Å². The number of hydrazine groups is 1. The van der Waals surface area contributed by atoms with Crippen LogP contribution in [0.1, 0.15) is 34.8 Å². The van der Waals surface area contributed by atoms with E-state index in [1.807, 2.05) is 19.2 Å². The summed E-state index contributed by atoms with van der Waals surface area (Å²) in [5, 5.41) is 4.38. The van der Waals surface area contributed by atoms with Crippen LogP contribution in [0.5, 0.6) is 0 Å². The van der Waals surface area contributed by atoms with Gasteiger partial charge in [0, 0.05) is 33.6 Å². The van der Waals surface area contributed by atoms with Gasteiger partial charge < -0.3 is 5.32 Å². The maximum absolute atomic E-state index is 12.7. The van der Waals surface area contributed by atoms with Gasteiger partial charge in [0.25, 0.3) is 0 Å². The molecule has 1 aromatic heterocycles. The van der Waals surface area contributed by atoms with Crippen molar-refractivity contribution >= 4 is 35.2 Å². The van der Waals surface area contributed by atoms with E-state index in [1.54, 1.807) is 17.2 Å². The van der Waals surface area contributed by atoms with Crippen molar-refractivity contribution in [1.29, 1.82) is 0 Å². The van der Waals surface area contributed by atoms with Crippen molar-refractivity contribution in [2.45, 2.75) is 35.6 Å². The first-order chi connectivity index (χ1) is 12.4. The van der Waals surface area contributed by atoms with Crippen LogP contribution in [0.2, 0.25) is 0 Å². The van der Waals surface area contributed by atoms with Gasteiger partial charge in [-0.05, 0) is 36.5 Å². The number of anilines is 1. The van der Waals surface area contributed by atoms with E-state index in [0.717, 1.165) is 10.6 Å². The number of hydrogen-bond donors (Lipinski definition) is 3. The van der Waals surface area contributed by atoms with Gasteiger partial charge in [0.05, 0.1) is 5.56 Å². The fourth-order valence-corrected chi connectivity index (χ4v) is 4.60. The van der Waals surface area contributed by atoms with Crippen LogP contribution >= 0.6 is 23.1 Å². The summed E-state index contributed by atoms with van der Waals surface area (Å²) in [6, 6.07) is 7.45. The molecule has 2 aromatic rings.